The van der Waals surface area contributed by atoms with E-state index in [2.05, 4.69) is 46.9 Å². The molecule has 1 rings (SSSR count). The van der Waals surface area contributed by atoms with Crippen LogP contribution in [-0.2, 0) is 6.42 Å². The van der Waals surface area contributed by atoms with Gasteiger partial charge in [0.25, 0.3) is 0 Å². The molecule has 1 aromatic rings. The van der Waals surface area contributed by atoms with Crippen LogP contribution in [0.4, 0.5) is 0 Å². The summed E-state index contributed by atoms with van der Waals surface area (Å²) in [6, 6.07) is 0.360. The van der Waals surface area contributed by atoms with Gasteiger partial charge in [-0.15, -0.1) is 11.3 Å². The highest BCUT2D eigenvalue weighted by molar-refractivity contribution is 7.11. The summed E-state index contributed by atoms with van der Waals surface area (Å²) in [5, 5.41) is 4.68. The first-order chi connectivity index (χ1) is 7.81. The van der Waals surface area contributed by atoms with Crippen molar-refractivity contribution in [1.82, 2.24) is 10.3 Å². The largest absolute Gasteiger partial charge is 0.311 e. The number of nitrogens with one attached hydrogen (secondary N) is 1. The number of thiazole rings is 1. The first-order valence-electron chi connectivity index (χ1n) is 6.44. The smallest absolute Gasteiger partial charge is 0.110 e. The van der Waals surface area contributed by atoms with Crippen molar-refractivity contribution in [3.8, 4) is 0 Å². The minimum atomic E-state index is 0.291. The molecule has 1 heterocycles. The van der Waals surface area contributed by atoms with Crippen molar-refractivity contribution in [3.05, 3.63) is 15.6 Å². The maximum atomic E-state index is 4.79. The van der Waals surface area contributed by atoms with Crippen LogP contribution in [0.3, 0.4) is 0 Å². The molecule has 0 fully saturated rings. The molecule has 2 unspecified atom stereocenters. The van der Waals surface area contributed by atoms with Gasteiger partial charge in [-0.3, -0.25) is 0 Å². The summed E-state index contributed by atoms with van der Waals surface area (Å²) in [5.74, 6) is 0.558. The Balaban J connectivity index is 3.01. The van der Waals surface area contributed by atoms with E-state index in [4.69, 9.17) is 4.98 Å². The number of aryl methyl sites for hydroxylation is 2. The third kappa shape index (κ3) is 3.29. The van der Waals surface area contributed by atoms with Crippen molar-refractivity contribution >= 4 is 11.3 Å². The fourth-order valence-corrected chi connectivity index (χ4v) is 3.22. The molecule has 0 saturated heterocycles. The first-order valence-corrected chi connectivity index (χ1v) is 7.26. The molecule has 2 atom stereocenters. The van der Waals surface area contributed by atoms with Crippen molar-refractivity contribution in [1.29, 1.82) is 0 Å². The average Bonchev–Trinajstić information content (AvgIpc) is 2.59. The van der Waals surface area contributed by atoms with Crippen molar-refractivity contribution in [2.45, 2.75) is 54.0 Å². The molecule has 17 heavy (non-hydrogen) atoms. The van der Waals surface area contributed by atoms with E-state index in [0.29, 0.717) is 17.4 Å². The Morgan fingerprint density at radius 2 is 1.94 bits per heavy atom. The molecule has 0 radical (unpaired) electrons. The Kier molecular flexibility index (Phi) is 4.73. The zero-order chi connectivity index (χ0) is 13.2. The summed E-state index contributed by atoms with van der Waals surface area (Å²) >= 11 is 1.84. The molecule has 0 aliphatic carbocycles. The van der Waals surface area contributed by atoms with E-state index in [1.54, 1.807) is 0 Å². The van der Waals surface area contributed by atoms with Gasteiger partial charge in [0.1, 0.15) is 5.01 Å². The van der Waals surface area contributed by atoms with Gasteiger partial charge in [0.05, 0.1) is 11.7 Å². The van der Waals surface area contributed by atoms with Crippen molar-refractivity contribution in [2.24, 2.45) is 11.3 Å². The second-order valence-electron chi connectivity index (χ2n) is 5.83. The van der Waals surface area contributed by atoms with Crippen LogP contribution in [0, 0.1) is 18.3 Å². The normalized spacial score (nSPS) is 15.9. The predicted molar refractivity (Wildman–Crippen MR) is 76.6 cm³/mol. The molecule has 0 spiro atoms. The van der Waals surface area contributed by atoms with Crippen LogP contribution in [0.5, 0.6) is 0 Å². The average molecular weight is 254 g/mol. The highest BCUT2D eigenvalue weighted by Gasteiger charge is 2.30. The lowest BCUT2D eigenvalue weighted by Crippen LogP contribution is -2.31. The van der Waals surface area contributed by atoms with E-state index in [-0.39, 0.29) is 0 Å². The number of nitrogens with zero attached hydrogens (tertiary/aromatic N) is 1. The van der Waals surface area contributed by atoms with Crippen LogP contribution >= 0.6 is 11.3 Å². The van der Waals surface area contributed by atoms with Gasteiger partial charge in [0, 0.05) is 4.88 Å². The van der Waals surface area contributed by atoms with E-state index < -0.39 is 0 Å². The van der Waals surface area contributed by atoms with Gasteiger partial charge in [-0.25, -0.2) is 4.98 Å². The standard InChI is InChI=1S/C14H26N2S/c1-8-11-10(3)17-13(16-11)12(15-7)9(2)14(4,5)6/h9,12,15H,8H2,1-7H3. The Morgan fingerprint density at radius 1 is 1.35 bits per heavy atom. The number of hydrogen-bond donors (Lipinski definition) is 1. The van der Waals surface area contributed by atoms with Crippen molar-refractivity contribution in [3.63, 3.8) is 0 Å². The Bertz CT molecular complexity index is 363. The topological polar surface area (TPSA) is 24.9 Å². The minimum Gasteiger partial charge on any atom is -0.311 e. The lowest BCUT2D eigenvalue weighted by atomic mass is 9.77. The van der Waals surface area contributed by atoms with Crippen molar-refractivity contribution < 1.29 is 0 Å². The molecule has 0 aromatic carbocycles. The Hall–Kier alpha value is -0.410. The molecular formula is C14H26N2S. The zero-order valence-electron chi connectivity index (χ0n) is 12.2. The third-order valence-corrected chi connectivity index (χ3v) is 4.78. The molecule has 0 bridgehead atoms. The summed E-state index contributed by atoms with van der Waals surface area (Å²) in [5.41, 5.74) is 1.55. The highest BCUT2D eigenvalue weighted by Crippen LogP contribution is 2.37. The van der Waals surface area contributed by atoms with Gasteiger partial charge in [0.2, 0.25) is 0 Å². The monoisotopic (exact) mass is 254 g/mol. The maximum Gasteiger partial charge on any atom is 0.110 e. The van der Waals surface area contributed by atoms with Gasteiger partial charge < -0.3 is 5.32 Å². The van der Waals surface area contributed by atoms with Crippen molar-refractivity contribution in [2.75, 3.05) is 7.05 Å². The third-order valence-electron chi connectivity index (χ3n) is 3.69. The first kappa shape index (κ1) is 14.7. The quantitative estimate of drug-likeness (QED) is 0.880. The van der Waals surface area contributed by atoms with E-state index in [9.17, 15) is 0 Å². The summed E-state index contributed by atoms with van der Waals surface area (Å²) in [4.78, 5) is 6.15. The second-order valence-corrected chi connectivity index (χ2v) is 7.06. The summed E-state index contributed by atoms with van der Waals surface area (Å²) in [7, 11) is 2.04. The van der Waals surface area contributed by atoms with Gasteiger partial charge in [-0.2, -0.15) is 0 Å². The molecule has 98 valence electrons. The predicted octanol–water partition coefficient (Wildman–Crippen LogP) is 3.96. The summed E-state index contributed by atoms with van der Waals surface area (Å²) in [6.07, 6.45) is 1.03. The fraction of sp³-hybridized carbons (Fsp3) is 0.786. The molecule has 0 saturated carbocycles. The molecule has 1 aromatic heterocycles. The second kappa shape index (κ2) is 5.49. The van der Waals surface area contributed by atoms with E-state index in [1.165, 1.54) is 15.6 Å². The van der Waals surface area contributed by atoms with Crippen LogP contribution in [-0.4, -0.2) is 12.0 Å². The molecule has 0 aliphatic heterocycles. The number of rotatable bonds is 4. The van der Waals surface area contributed by atoms with Crippen LogP contribution < -0.4 is 5.32 Å². The molecule has 0 aliphatic rings. The molecule has 2 nitrogen and oxygen atoms in total. The SMILES string of the molecule is CCc1nc(C(NC)C(C)C(C)(C)C)sc1C. The van der Waals surface area contributed by atoms with Gasteiger partial charge in [-0.1, -0.05) is 34.6 Å². The van der Waals surface area contributed by atoms with Crippen LogP contribution in [0.1, 0.15) is 56.2 Å². The van der Waals surface area contributed by atoms with Crippen LogP contribution in [0.15, 0.2) is 0 Å². The summed E-state index contributed by atoms with van der Waals surface area (Å²) in [6.45, 7) is 13.5. The molecular weight excluding hydrogens is 228 g/mol. The molecule has 1 N–H and O–H groups in total. The van der Waals surface area contributed by atoms with Crippen LogP contribution in [0.25, 0.3) is 0 Å². The molecule has 3 heteroatoms. The Morgan fingerprint density at radius 3 is 2.29 bits per heavy atom. The van der Waals surface area contributed by atoms with Gasteiger partial charge in [0.15, 0.2) is 0 Å². The minimum absolute atomic E-state index is 0.291. The van der Waals surface area contributed by atoms with Gasteiger partial charge in [-0.05, 0) is 31.7 Å². The number of aromatic nitrogens is 1. The van der Waals surface area contributed by atoms with E-state index in [0.717, 1.165) is 6.42 Å². The van der Waals surface area contributed by atoms with E-state index in [1.807, 2.05) is 18.4 Å². The number of hydrogen-bond acceptors (Lipinski definition) is 3. The zero-order valence-corrected chi connectivity index (χ0v) is 13.0. The highest BCUT2D eigenvalue weighted by atomic mass is 32.1. The maximum absolute atomic E-state index is 4.79. The van der Waals surface area contributed by atoms with Gasteiger partial charge >= 0.3 is 0 Å². The lowest BCUT2D eigenvalue weighted by Gasteiger charge is -2.33. The Labute approximate surface area is 110 Å². The lowest BCUT2D eigenvalue weighted by molar-refractivity contribution is 0.203. The van der Waals surface area contributed by atoms with Crippen LogP contribution in [0.2, 0.25) is 0 Å². The molecule has 0 amide bonds. The van der Waals surface area contributed by atoms with E-state index >= 15 is 0 Å². The fourth-order valence-electron chi connectivity index (χ4n) is 2.00. The summed E-state index contributed by atoms with van der Waals surface area (Å²) < 4.78 is 0.